The summed E-state index contributed by atoms with van der Waals surface area (Å²) in [6, 6.07) is 0. The van der Waals surface area contributed by atoms with Gasteiger partial charge in [-0.25, -0.2) is 0 Å². The summed E-state index contributed by atoms with van der Waals surface area (Å²) in [5.74, 6) is 1.67. The molecule has 0 spiro atoms. The van der Waals surface area contributed by atoms with Gasteiger partial charge in [-0.1, -0.05) is 32.1 Å². The second kappa shape index (κ2) is 7.08. The first-order valence-corrected chi connectivity index (χ1v) is 8.41. The van der Waals surface area contributed by atoms with Crippen LogP contribution < -0.4 is 5.32 Å². The van der Waals surface area contributed by atoms with Gasteiger partial charge in [0.05, 0.1) is 6.10 Å². The first-order chi connectivity index (χ1) is 9.04. The molecule has 2 atom stereocenters. The van der Waals surface area contributed by atoms with Crippen molar-refractivity contribution in [1.82, 2.24) is 5.32 Å². The molecule has 1 aliphatic carbocycles. The number of hydrogen-bond acceptors (Lipinski definition) is 2. The van der Waals surface area contributed by atoms with Crippen molar-refractivity contribution in [2.75, 3.05) is 13.2 Å². The quantitative estimate of drug-likeness (QED) is 0.826. The van der Waals surface area contributed by atoms with Gasteiger partial charge < -0.3 is 10.1 Å². The molecule has 2 nitrogen and oxygen atoms in total. The SMILES string of the molecule is CC(C)(C)NCC1CCCOC1CC1CCCCC1. The van der Waals surface area contributed by atoms with Crippen LogP contribution in [0.4, 0.5) is 0 Å². The van der Waals surface area contributed by atoms with Crippen molar-refractivity contribution in [3.63, 3.8) is 0 Å². The molecule has 2 rings (SSSR count). The summed E-state index contributed by atoms with van der Waals surface area (Å²) in [6.07, 6.45) is 11.7. The maximum absolute atomic E-state index is 6.12. The number of rotatable bonds is 4. The maximum Gasteiger partial charge on any atom is 0.0618 e. The predicted molar refractivity (Wildman–Crippen MR) is 81.4 cm³/mol. The zero-order valence-electron chi connectivity index (χ0n) is 13.2. The lowest BCUT2D eigenvalue weighted by Gasteiger charge is -2.36. The third kappa shape index (κ3) is 5.43. The van der Waals surface area contributed by atoms with E-state index >= 15 is 0 Å². The number of ether oxygens (including phenoxy) is 1. The monoisotopic (exact) mass is 267 g/mol. The lowest BCUT2D eigenvalue weighted by molar-refractivity contribution is -0.0424. The largest absolute Gasteiger partial charge is 0.378 e. The highest BCUT2D eigenvalue weighted by Gasteiger charge is 2.29. The summed E-state index contributed by atoms with van der Waals surface area (Å²) in [6.45, 7) is 8.89. The van der Waals surface area contributed by atoms with Gasteiger partial charge in [0.1, 0.15) is 0 Å². The van der Waals surface area contributed by atoms with E-state index in [0.717, 1.165) is 25.0 Å². The highest BCUT2D eigenvalue weighted by Crippen LogP contribution is 2.32. The molecule has 1 aliphatic heterocycles. The van der Waals surface area contributed by atoms with E-state index < -0.39 is 0 Å². The molecule has 1 saturated heterocycles. The molecule has 1 heterocycles. The zero-order chi connectivity index (χ0) is 13.7. The normalized spacial score (nSPS) is 30.5. The molecule has 2 unspecified atom stereocenters. The molecule has 0 aromatic heterocycles. The van der Waals surface area contributed by atoms with Gasteiger partial charge in [0, 0.05) is 18.7 Å². The Balaban J connectivity index is 1.81. The van der Waals surface area contributed by atoms with E-state index in [1.54, 1.807) is 0 Å². The molecule has 0 bridgehead atoms. The fourth-order valence-corrected chi connectivity index (χ4v) is 3.58. The minimum atomic E-state index is 0.229. The van der Waals surface area contributed by atoms with Crippen molar-refractivity contribution in [3.8, 4) is 0 Å². The summed E-state index contributed by atoms with van der Waals surface area (Å²) < 4.78 is 6.12. The average molecular weight is 267 g/mol. The van der Waals surface area contributed by atoms with E-state index in [2.05, 4.69) is 26.1 Å². The summed E-state index contributed by atoms with van der Waals surface area (Å²) in [5.41, 5.74) is 0.229. The molecule has 0 aromatic carbocycles. The first kappa shape index (κ1) is 15.3. The van der Waals surface area contributed by atoms with Gasteiger partial charge >= 0.3 is 0 Å². The van der Waals surface area contributed by atoms with Gasteiger partial charge in [-0.3, -0.25) is 0 Å². The molecular formula is C17H33NO. The van der Waals surface area contributed by atoms with E-state index in [1.807, 2.05) is 0 Å². The van der Waals surface area contributed by atoms with Crippen LogP contribution in [0.3, 0.4) is 0 Å². The van der Waals surface area contributed by atoms with Gasteiger partial charge in [-0.2, -0.15) is 0 Å². The summed E-state index contributed by atoms with van der Waals surface area (Å²) in [4.78, 5) is 0. The summed E-state index contributed by atoms with van der Waals surface area (Å²) in [7, 11) is 0. The van der Waals surface area contributed by atoms with Crippen LogP contribution in [-0.4, -0.2) is 24.8 Å². The fourth-order valence-electron chi connectivity index (χ4n) is 3.58. The van der Waals surface area contributed by atoms with Crippen LogP contribution in [0.15, 0.2) is 0 Å². The van der Waals surface area contributed by atoms with Gasteiger partial charge in [0.15, 0.2) is 0 Å². The highest BCUT2D eigenvalue weighted by atomic mass is 16.5. The molecule has 2 fully saturated rings. The van der Waals surface area contributed by atoms with Gasteiger partial charge in [-0.05, 0) is 51.9 Å². The lowest BCUT2D eigenvalue weighted by atomic mass is 9.81. The molecule has 1 saturated carbocycles. The summed E-state index contributed by atoms with van der Waals surface area (Å²) in [5, 5.41) is 3.68. The second-order valence-corrected chi connectivity index (χ2v) is 7.68. The first-order valence-electron chi connectivity index (χ1n) is 8.41. The van der Waals surface area contributed by atoms with Gasteiger partial charge in [0.25, 0.3) is 0 Å². The zero-order valence-corrected chi connectivity index (χ0v) is 13.2. The van der Waals surface area contributed by atoms with Crippen molar-refractivity contribution in [1.29, 1.82) is 0 Å². The van der Waals surface area contributed by atoms with Crippen molar-refractivity contribution < 1.29 is 4.74 Å². The molecule has 2 heteroatoms. The van der Waals surface area contributed by atoms with Crippen molar-refractivity contribution in [3.05, 3.63) is 0 Å². The Labute approximate surface area is 119 Å². The van der Waals surface area contributed by atoms with Crippen LogP contribution >= 0.6 is 0 Å². The molecule has 0 radical (unpaired) electrons. The van der Waals surface area contributed by atoms with Crippen molar-refractivity contribution in [2.24, 2.45) is 11.8 Å². The van der Waals surface area contributed by atoms with E-state index in [-0.39, 0.29) is 5.54 Å². The summed E-state index contributed by atoms with van der Waals surface area (Å²) >= 11 is 0. The molecule has 0 aromatic rings. The van der Waals surface area contributed by atoms with Crippen LogP contribution in [0.1, 0.15) is 72.1 Å². The highest BCUT2D eigenvalue weighted by molar-refractivity contribution is 4.82. The number of nitrogens with one attached hydrogen (secondary N) is 1. The number of hydrogen-bond donors (Lipinski definition) is 1. The predicted octanol–water partition coefficient (Wildman–Crippen LogP) is 4.14. The molecule has 1 N–H and O–H groups in total. The maximum atomic E-state index is 6.12. The van der Waals surface area contributed by atoms with Crippen molar-refractivity contribution >= 4 is 0 Å². The van der Waals surface area contributed by atoms with E-state index in [9.17, 15) is 0 Å². The Bertz CT molecular complexity index is 252. The van der Waals surface area contributed by atoms with E-state index in [1.165, 1.54) is 51.4 Å². The van der Waals surface area contributed by atoms with E-state index in [4.69, 9.17) is 4.74 Å². The topological polar surface area (TPSA) is 21.3 Å². The second-order valence-electron chi connectivity index (χ2n) is 7.68. The average Bonchev–Trinajstić information content (AvgIpc) is 2.38. The van der Waals surface area contributed by atoms with Crippen LogP contribution in [0.25, 0.3) is 0 Å². The Morgan fingerprint density at radius 1 is 1.00 bits per heavy atom. The van der Waals surface area contributed by atoms with Crippen LogP contribution in [0.5, 0.6) is 0 Å². The molecule has 112 valence electrons. The van der Waals surface area contributed by atoms with E-state index in [0.29, 0.717) is 6.10 Å². The Hall–Kier alpha value is -0.0800. The van der Waals surface area contributed by atoms with Gasteiger partial charge in [-0.15, -0.1) is 0 Å². The molecule has 2 aliphatic rings. The molecular weight excluding hydrogens is 234 g/mol. The molecule has 19 heavy (non-hydrogen) atoms. The Kier molecular flexibility index (Phi) is 5.70. The minimum Gasteiger partial charge on any atom is -0.378 e. The van der Waals surface area contributed by atoms with Crippen LogP contribution in [-0.2, 0) is 4.74 Å². The minimum absolute atomic E-state index is 0.229. The standard InChI is InChI=1S/C17H33NO/c1-17(2,3)18-13-15-10-7-11-19-16(15)12-14-8-5-4-6-9-14/h14-16,18H,4-13H2,1-3H3. The third-order valence-corrected chi connectivity index (χ3v) is 4.76. The van der Waals surface area contributed by atoms with Crippen LogP contribution in [0.2, 0.25) is 0 Å². The Morgan fingerprint density at radius 3 is 2.42 bits per heavy atom. The third-order valence-electron chi connectivity index (χ3n) is 4.76. The smallest absolute Gasteiger partial charge is 0.0618 e. The lowest BCUT2D eigenvalue weighted by Crippen LogP contribution is -2.44. The fraction of sp³-hybridized carbons (Fsp3) is 1.00. The van der Waals surface area contributed by atoms with Gasteiger partial charge in [0.2, 0.25) is 0 Å². The van der Waals surface area contributed by atoms with Crippen LogP contribution in [0, 0.1) is 11.8 Å². The Morgan fingerprint density at radius 2 is 1.74 bits per heavy atom. The molecule has 0 amide bonds. The van der Waals surface area contributed by atoms with Crippen molar-refractivity contribution in [2.45, 2.75) is 83.8 Å².